The van der Waals surface area contributed by atoms with Gasteiger partial charge in [-0.15, -0.1) is 5.10 Å². The summed E-state index contributed by atoms with van der Waals surface area (Å²) in [5, 5.41) is 7.79. The predicted molar refractivity (Wildman–Crippen MR) is 89.3 cm³/mol. The zero-order valence-electron chi connectivity index (χ0n) is 12.9. The van der Waals surface area contributed by atoms with E-state index in [2.05, 4.69) is 14.7 Å². The molecule has 0 N–H and O–H groups in total. The number of rotatable bonds is 3. The minimum Gasteiger partial charge on any atom is -0.249 e. The highest BCUT2D eigenvalue weighted by atomic mass is 32.2. The van der Waals surface area contributed by atoms with Gasteiger partial charge in [0, 0.05) is 18.9 Å². The summed E-state index contributed by atoms with van der Waals surface area (Å²) in [5.74, 6) is 0.163. The molecule has 0 aliphatic heterocycles. The van der Waals surface area contributed by atoms with Crippen LogP contribution in [0.4, 0.5) is 10.2 Å². The maximum Gasteiger partial charge on any atom is 0.188 e. The zero-order chi connectivity index (χ0) is 16.4. The van der Waals surface area contributed by atoms with Gasteiger partial charge in [-0.3, -0.25) is 0 Å². The van der Waals surface area contributed by atoms with Gasteiger partial charge in [-0.2, -0.15) is 4.36 Å². The molecule has 1 aromatic heterocycles. The number of halogens is 1. The quantitative estimate of drug-likeness (QED) is 0.865. The number of aryl methyl sites for hydroxylation is 1. The molecule has 0 saturated carbocycles. The Hall–Kier alpha value is -2.28. The highest BCUT2D eigenvalue weighted by Crippen LogP contribution is 2.30. The van der Waals surface area contributed by atoms with Gasteiger partial charge in [0.1, 0.15) is 11.5 Å². The van der Waals surface area contributed by atoms with Crippen molar-refractivity contribution in [1.29, 1.82) is 0 Å². The van der Waals surface area contributed by atoms with Crippen molar-refractivity contribution in [3.8, 4) is 11.3 Å². The van der Waals surface area contributed by atoms with Crippen LogP contribution in [0.1, 0.15) is 6.42 Å². The van der Waals surface area contributed by atoms with E-state index >= 15 is 0 Å². The minimum absolute atomic E-state index is 0.302. The van der Waals surface area contributed by atoms with Crippen LogP contribution in [0.15, 0.2) is 58.7 Å². The van der Waals surface area contributed by atoms with Crippen molar-refractivity contribution in [3.05, 3.63) is 54.4 Å². The predicted octanol–water partition coefficient (Wildman–Crippen LogP) is 3.39. The molecule has 0 saturated heterocycles. The highest BCUT2D eigenvalue weighted by molar-refractivity contribution is 7.93. The average Bonchev–Trinajstić information content (AvgIpc) is 2.89. The first kappa shape index (κ1) is 15.6. The van der Waals surface area contributed by atoms with Gasteiger partial charge in [-0.1, -0.05) is 41.6 Å². The molecule has 0 amide bonds. The molecule has 1 heterocycles. The third kappa shape index (κ3) is 3.24. The maximum absolute atomic E-state index is 13.1. The smallest absolute Gasteiger partial charge is 0.188 e. The lowest BCUT2D eigenvalue weighted by Gasteiger charge is -2.15. The van der Waals surface area contributed by atoms with Crippen LogP contribution in [0.3, 0.4) is 0 Å². The normalized spacial score (nSPS) is 20.0. The molecule has 5 nitrogen and oxygen atoms in total. The molecular formula is C16H17FN4OS. The summed E-state index contributed by atoms with van der Waals surface area (Å²) >= 11 is 0. The zero-order valence-corrected chi connectivity index (χ0v) is 13.7. The molecule has 0 spiro atoms. The molecule has 7 heteroatoms. The monoisotopic (exact) mass is 332 g/mol. The number of hydrogen-bond acceptors (Lipinski definition) is 4. The second-order valence-corrected chi connectivity index (χ2v) is 7.94. The van der Waals surface area contributed by atoms with Crippen molar-refractivity contribution in [3.63, 3.8) is 0 Å². The van der Waals surface area contributed by atoms with Crippen molar-refractivity contribution in [1.82, 2.24) is 15.0 Å². The SMILES string of the molecule is Cn1nnc(-c2ccccc2)c1N=S(C)(=O)C1C=CC(F)=CC1. The van der Waals surface area contributed by atoms with E-state index in [0.717, 1.165) is 5.56 Å². The molecule has 23 heavy (non-hydrogen) atoms. The number of nitrogens with zero attached hydrogens (tertiary/aromatic N) is 4. The Bertz CT molecular complexity index is 892. The first-order valence-corrected chi connectivity index (χ1v) is 9.16. The summed E-state index contributed by atoms with van der Waals surface area (Å²) in [6.45, 7) is 0. The van der Waals surface area contributed by atoms with Crippen LogP contribution >= 0.6 is 0 Å². The van der Waals surface area contributed by atoms with Crippen molar-refractivity contribution in [2.24, 2.45) is 11.4 Å². The summed E-state index contributed by atoms with van der Waals surface area (Å²) in [4.78, 5) is 0. The number of hydrogen-bond donors (Lipinski definition) is 0. The Morgan fingerprint density at radius 3 is 2.74 bits per heavy atom. The van der Waals surface area contributed by atoms with E-state index in [1.54, 1.807) is 19.4 Å². The van der Waals surface area contributed by atoms with Gasteiger partial charge in [0.15, 0.2) is 5.82 Å². The first-order valence-electron chi connectivity index (χ1n) is 7.17. The molecule has 0 radical (unpaired) electrons. The second kappa shape index (κ2) is 6.08. The molecular weight excluding hydrogens is 315 g/mol. The lowest BCUT2D eigenvalue weighted by molar-refractivity contribution is 0.647. The van der Waals surface area contributed by atoms with Gasteiger partial charge in [0.25, 0.3) is 0 Å². The topological polar surface area (TPSA) is 60.1 Å². The van der Waals surface area contributed by atoms with E-state index in [1.807, 2.05) is 30.3 Å². The lowest BCUT2D eigenvalue weighted by atomic mass is 10.1. The van der Waals surface area contributed by atoms with Gasteiger partial charge in [-0.05, 0) is 18.6 Å². The van der Waals surface area contributed by atoms with Crippen LogP contribution in [0, 0.1) is 0 Å². The van der Waals surface area contributed by atoms with Crippen LogP contribution < -0.4 is 0 Å². The van der Waals surface area contributed by atoms with E-state index in [1.165, 1.54) is 16.8 Å². The Labute approximate surface area is 134 Å². The summed E-state index contributed by atoms with van der Waals surface area (Å²) in [6.07, 6.45) is 6.34. The molecule has 2 aromatic rings. The van der Waals surface area contributed by atoms with E-state index in [9.17, 15) is 8.60 Å². The lowest BCUT2D eigenvalue weighted by Crippen LogP contribution is -2.18. The fourth-order valence-electron chi connectivity index (χ4n) is 2.38. The molecule has 1 aliphatic rings. The van der Waals surface area contributed by atoms with E-state index in [0.29, 0.717) is 17.9 Å². The Balaban J connectivity index is 2.04. The van der Waals surface area contributed by atoms with Crippen LogP contribution in [0.2, 0.25) is 0 Å². The van der Waals surface area contributed by atoms with Crippen molar-refractivity contribution in [2.45, 2.75) is 11.7 Å². The third-order valence-corrected chi connectivity index (χ3v) is 5.70. The van der Waals surface area contributed by atoms with E-state index in [4.69, 9.17) is 0 Å². The summed E-state index contributed by atoms with van der Waals surface area (Å²) in [5.41, 5.74) is 1.45. The van der Waals surface area contributed by atoms with Gasteiger partial charge in [0.2, 0.25) is 0 Å². The molecule has 2 unspecified atom stereocenters. The first-order chi connectivity index (χ1) is 11.0. The van der Waals surface area contributed by atoms with Crippen LogP contribution in [0.25, 0.3) is 11.3 Å². The fourth-order valence-corrected chi connectivity index (χ4v) is 3.88. The molecule has 120 valence electrons. The molecule has 0 bridgehead atoms. The maximum atomic E-state index is 13.1. The molecule has 2 atom stereocenters. The molecule has 0 fully saturated rings. The molecule has 1 aromatic carbocycles. The Morgan fingerprint density at radius 2 is 2.09 bits per heavy atom. The van der Waals surface area contributed by atoms with Crippen molar-refractivity contribution < 1.29 is 8.60 Å². The molecule has 3 rings (SSSR count). The van der Waals surface area contributed by atoms with Crippen molar-refractivity contribution >= 4 is 15.5 Å². The van der Waals surface area contributed by atoms with E-state index < -0.39 is 9.73 Å². The number of aromatic nitrogens is 3. The minimum atomic E-state index is -2.61. The van der Waals surface area contributed by atoms with Crippen LogP contribution in [-0.4, -0.2) is 30.7 Å². The number of allylic oxidation sites excluding steroid dienone is 3. The van der Waals surface area contributed by atoms with Crippen molar-refractivity contribution in [2.75, 3.05) is 6.26 Å². The standard InChI is InChI=1S/C16H17FN4OS/c1-21-16(15(18-20-21)12-6-4-3-5-7-12)19-23(2,22)14-10-8-13(17)9-11-14/h3-10,14H,11H2,1-2H3. The highest BCUT2D eigenvalue weighted by Gasteiger charge is 2.21. The average molecular weight is 332 g/mol. The van der Waals surface area contributed by atoms with E-state index in [-0.39, 0.29) is 11.1 Å². The summed E-state index contributed by atoms with van der Waals surface area (Å²) < 4.78 is 32.1. The Morgan fingerprint density at radius 1 is 1.35 bits per heavy atom. The third-order valence-electron chi connectivity index (χ3n) is 3.69. The summed E-state index contributed by atoms with van der Waals surface area (Å²) in [6, 6.07) is 9.51. The van der Waals surface area contributed by atoms with Gasteiger partial charge in [0.05, 0.1) is 15.0 Å². The number of benzene rings is 1. The molecule has 1 aliphatic carbocycles. The Kier molecular flexibility index (Phi) is 4.12. The fraction of sp³-hybridized carbons (Fsp3) is 0.250. The van der Waals surface area contributed by atoms with Gasteiger partial charge < -0.3 is 0 Å². The van der Waals surface area contributed by atoms with Crippen LogP contribution in [0.5, 0.6) is 0 Å². The second-order valence-electron chi connectivity index (χ2n) is 5.43. The van der Waals surface area contributed by atoms with Gasteiger partial charge >= 0.3 is 0 Å². The van der Waals surface area contributed by atoms with Crippen LogP contribution in [-0.2, 0) is 16.8 Å². The largest absolute Gasteiger partial charge is 0.249 e. The van der Waals surface area contributed by atoms with Gasteiger partial charge in [-0.25, -0.2) is 13.3 Å². The summed E-state index contributed by atoms with van der Waals surface area (Å²) in [7, 11) is -0.894.